The highest BCUT2D eigenvalue weighted by atomic mass is 16.3. The molecule has 1 heterocycles. The highest BCUT2D eigenvalue weighted by Crippen LogP contribution is 2.10. The van der Waals surface area contributed by atoms with Crippen LogP contribution in [0.15, 0.2) is 16.7 Å². The van der Waals surface area contributed by atoms with E-state index in [9.17, 15) is 4.79 Å². The van der Waals surface area contributed by atoms with Crippen molar-refractivity contribution in [3.8, 4) is 0 Å². The molecule has 1 rings (SSSR count). The van der Waals surface area contributed by atoms with Crippen molar-refractivity contribution in [3.63, 3.8) is 0 Å². The van der Waals surface area contributed by atoms with E-state index in [2.05, 4.69) is 0 Å². The molecule has 1 atom stereocenters. The number of hydrogen-bond donors (Lipinski definition) is 2. The molecular weight excluding hydrogens is 160 g/mol. The van der Waals surface area contributed by atoms with Crippen LogP contribution in [0.2, 0.25) is 0 Å². The molecule has 0 amide bonds. The predicted octanol–water partition coefficient (Wildman–Crippen LogP) is -0.0122. The van der Waals surface area contributed by atoms with Gasteiger partial charge in [-0.25, -0.2) is 0 Å². The van der Waals surface area contributed by atoms with Crippen LogP contribution < -0.4 is 0 Å². The van der Waals surface area contributed by atoms with Crippen LogP contribution >= 0.6 is 0 Å². The van der Waals surface area contributed by atoms with Crippen molar-refractivity contribution in [2.75, 3.05) is 6.61 Å². The minimum atomic E-state index is -0.832. The maximum Gasteiger partial charge on any atom is 0.185 e. The van der Waals surface area contributed by atoms with E-state index in [0.29, 0.717) is 11.8 Å². The van der Waals surface area contributed by atoms with Gasteiger partial charge in [0.2, 0.25) is 0 Å². The Morgan fingerprint density at radius 1 is 1.67 bits per heavy atom. The molecule has 4 heteroatoms. The fourth-order valence-electron chi connectivity index (χ4n) is 0.938. The Morgan fingerprint density at radius 3 is 3.00 bits per heavy atom. The first-order valence-electron chi connectivity index (χ1n) is 3.58. The Hall–Kier alpha value is -1.13. The number of carbonyl (C=O) groups excluding carboxylic acids is 1. The molecule has 2 N–H and O–H groups in total. The summed E-state index contributed by atoms with van der Waals surface area (Å²) >= 11 is 0. The van der Waals surface area contributed by atoms with E-state index in [1.165, 1.54) is 6.26 Å². The molecule has 0 saturated carbocycles. The van der Waals surface area contributed by atoms with E-state index in [0.717, 1.165) is 0 Å². The average molecular weight is 170 g/mol. The maximum absolute atomic E-state index is 10.3. The zero-order chi connectivity index (χ0) is 8.97. The van der Waals surface area contributed by atoms with Crippen LogP contribution in [0.4, 0.5) is 0 Å². The van der Waals surface area contributed by atoms with Crippen LogP contribution in [0.1, 0.15) is 16.1 Å². The monoisotopic (exact) mass is 170 g/mol. The molecule has 0 aliphatic rings. The largest absolute Gasteiger partial charge is 0.461 e. The molecule has 0 spiro atoms. The minimum absolute atomic E-state index is 0.211. The normalized spacial score (nSPS) is 12.8. The van der Waals surface area contributed by atoms with Crippen LogP contribution in [0.3, 0.4) is 0 Å². The molecule has 0 aliphatic carbocycles. The second-order valence-corrected chi connectivity index (χ2v) is 2.47. The van der Waals surface area contributed by atoms with Gasteiger partial charge < -0.3 is 14.6 Å². The van der Waals surface area contributed by atoms with Gasteiger partial charge in [0, 0.05) is 12.0 Å². The lowest BCUT2D eigenvalue weighted by Crippen LogP contribution is -2.15. The lowest BCUT2D eigenvalue weighted by molar-refractivity contribution is 0.0946. The van der Waals surface area contributed by atoms with Crippen LogP contribution in [0, 0.1) is 0 Å². The first-order chi connectivity index (χ1) is 5.77. The summed E-state index contributed by atoms with van der Waals surface area (Å²) in [5, 5.41) is 17.6. The van der Waals surface area contributed by atoms with Crippen molar-refractivity contribution in [1.29, 1.82) is 0 Å². The number of rotatable bonds is 4. The first kappa shape index (κ1) is 8.96. The standard InChI is InChI=1S/C8H10O4/c9-4-7(11)3-6-1-2-12-8(6)5-10/h1-2,5,7,9,11H,3-4H2. The fourth-order valence-corrected chi connectivity index (χ4v) is 0.938. The van der Waals surface area contributed by atoms with E-state index >= 15 is 0 Å². The van der Waals surface area contributed by atoms with Gasteiger partial charge in [-0.15, -0.1) is 0 Å². The molecule has 1 aromatic heterocycles. The second-order valence-electron chi connectivity index (χ2n) is 2.47. The van der Waals surface area contributed by atoms with E-state index < -0.39 is 6.10 Å². The molecule has 0 fully saturated rings. The molecule has 0 bridgehead atoms. The Labute approximate surface area is 69.4 Å². The third kappa shape index (κ3) is 1.93. The number of aliphatic hydroxyl groups is 2. The lowest BCUT2D eigenvalue weighted by atomic mass is 10.1. The van der Waals surface area contributed by atoms with Crippen LogP contribution in [0.5, 0.6) is 0 Å². The summed E-state index contributed by atoms with van der Waals surface area (Å²) in [7, 11) is 0. The molecule has 1 unspecified atom stereocenters. The molecule has 12 heavy (non-hydrogen) atoms. The van der Waals surface area contributed by atoms with Gasteiger partial charge >= 0.3 is 0 Å². The minimum Gasteiger partial charge on any atom is -0.461 e. The van der Waals surface area contributed by atoms with Gasteiger partial charge in [-0.3, -0.25) is 4.79 Å². The van der Waals surface area contributed by atoms with Crippen molar-refractivity contribution in [3.05, 3.63) is 23.7 Å². The van der Waals surface area contributed by atoms with E-state index in [1.807, 2.05) is 0 Å². The van der Waals surface area contributed by atoms with Gasteiger partial charge in [-0.05, 0) is 6.07 Å². The third-order valence-corrected chi connectivity index (χ3v) is 1.55. The summed E-state index contributed by atoms with van der Waals surface area (Å²) in [5.41, 5.74) is 0.617. The maximum atomic E-state index is 10.3. The van der Waals surface area contributed by atoms with E-state index in [4.69, 9.17) is 14.6 Å². The van der Waals surface area contributed by atoms with E-state index in [-0.39, 0.29) is 18.8 Å². The Kier molecular flexibility index (Phi) is 3.01. The topological polar surface area (TPSA) is 70.7 Å². The van der Waals surface area contributed by atoms with Gasteiger partial charge in [0.25, 0.3) is 0 Å². The summed E-state index contributed by atoms with van der Waals surface area (Å²) in [6.45, 7) is -0.316. The SMILES string of the molecule is O=Cc1occc1CC(O)CO. The first-order valence-corrected chi connectivity index (χ1v) is 3.58. The van der Waals surface area contributed by atoms with Gasteiger partial charge in [0.05, 0.1) is 19.0 Å². The van der Waals surface area contributed by atoms with E-state index in [1.54, 1.807) is 6.07 Å². The quantitative estimate of drug-likeness (QED) is 0.623. The molecule has 0 aliphatic heterocycles. The Bertz CT molecular complexity index is 253. The lowest BCUT2D eigenvalue weighted by Gasteiger charge is -2.03. The van der Waals surface area contributed by atoms with Crippen molar-refractivity contribution < 1.29 is 19.4 Å². The van der Waals surface area contributed by atoms with Crippen molar-refractivity contribution in [2.24, 2.45) is 0 Å². The Morgan fingerprint density at radius 2 is 2.42 bits per heavy atom. The number of aliphatic hydroxyl groups excluding tert-OH is 2. The van der Waals surface area contributed by atoms with Gasteiger partial charge in [0.15, 0.2) is 12.0 Å². The molecule has 0 radical (unpaired) electrons. The molecule has 4 nitrogen and oxygen atoms in total. The zero-order valence-corrected chi connectivity index (χ0v) is 6.43. The average Bonchev–Trinajstić information content (AvgIpc) is 2.51. The van der Waals surface area contributed by atoms with Crippen LogP contribution in [0.25, 0.3) is 0 Å². The molecule has 0 saturated heterocycles. The smallest absolute Gasteiger partial charge is 0.185 e. The van der Waals surface area contributed by atoms with Gasteiger partial charge in [-0.2, -0.15) is 0 Å². The molecule has 0 aromatic carbocycles. The summed E-state index contributed by atoms with van der Waals surface area (Å²) in [5.74, 6) is 0.211. The summed E-state index contributed by atoms with van der Waals surface area (Å²) in [6.07, 6.45) is 1.37. The summed E-state index contributed by atoms with van der Waals surface area (Å²) in [6, 6.07) is 1.60. The molecular formula is C8H10O4. The Balaban J connectivity index is 2.67. The highest BCUT2D eigenvalue weighted by molar-refractivity contribution is 5.72. The van der Waals surface area contributed by atoms with Crippen LogP contribution in [-0.4, -0.2) is 29.2 Å². The number of furan rings is 1. The van der Waals surface area contributed by atoms with Crippen molar-refractivity contribution in [1.82, 2.24) is 0 Å². The third-order valence-electron chi connectivity index (χ3n) is 1.55. The number of carbonyl (C=O) groups is 1. The fraction of sp³-hybridized carbons (Fsp3) is 0.375. The van der Waals surface area contributed by atoms with Gasteiger partial charge in [-0.1, -0.05) is 0 Å². The molecule has 66 valence electrons. The highest BCUT2D eigenvalue weighted by Gasteiger charge is 2.09. The number of hydrogen-bond acceptors (Lipinski definition) is 4. The second kappa shape index (κ2) is 4.04. The summed E-state index contributed by atoms with van der Waals surface area (Å²) < 4.78 is 4.80. The molecule has 1 aromatic rings. The van der Waals surface area contributed by atoms with Gasteiger partial charge in [0.1, 0.15) is 0 Å². The van der Waals surface area contributed by atoms with Crippen LogP contribution in [-0.2, 0) is 6.42 Å². The zero-order valence-electron chi connectivity index (χ0n) is 6.43. The predicted molar refractivity (Wildman–Crippen MR) is 40.9 cm³/mol. The summed E-state index contributed by atoms with van der Waals surface area (Å²) in [4.78, 5) is 10.3. The number of aldehydes is 1. The van der Waals surface area contributed by atoms with Crippen molar-refractivity contribution >= 4 is 6.29 Å². The van der Waals surface area contributed by atoms with Crippen molar-refractivity contribution in [2.45, 2.75) is 12.5 Å².